The summed E-state index contributed by atoms with van der Waals surface area (Å²) in [6, 6.07) is 0.147. The Morgan fingerprint density at radius 3 is 2.78 bits per heavy atom. The Morgan fingerprint density at radius 2 is 2.17 bits per heavy atom. The Hall–Kier alpha value is -0.690. The number of hydrogen-bond donors (Lipinski definition) is 1. The summed E-state index contributed by atoms with van der Waals surface area (Å²) >= 11 is 0. The van der Waals surface area contributed by atoms with Gasteiger partial charge in [-0.15, -0.1) is 0 Å². The largest absolute Gasteiger partial charge is 0.378 e. The number of hydrogen-bond acceptors (Lipinski definition) is 5. The summed E-state index contributed by atoms with van der Waals surface area (Å²) in [5.41, 5.74) is 0. The molecular formula is C12H22N2O4. The van der Waals surface area contributed by atoms with Gasteiger partial charge in [0.1, 0.15) is 6.04 Å². The number of rotatable bonds is 6. The maximum absolute atomic E-state index is 12.1. The minimum absolute atomic E-state index is 0.0585. The van der Waals surface area contributed by atoms with Crippen LogP contribution < -0.4 is 5.32 Å². The molecule has 0 bridgehead atoms. The van der Waals surface area contributed by atoms with E-state index in [9.17, 15) is 4.79 Å². The van der Waals surface area contributed by atoms with Gasteiger partial charge in [-0.25, -0.2) is 0 Å². The molecule has 1 amide bonds. The highest BCUT2D eigenvalue weighted by Gasteiger charge is 2.34. The Kier molecular flexibility index (Phi) is 4.94. The van der Waals surface area contributed by atoms with Crippen molar-refractivity contribution in [3.8, 4) is 0 Å². The smallest absolute Gasteiger partial charge is 0.239 e. The summed E-state index contributed by atoms with van der Waals surface area (Å²) in [6.45, 7) is 2.40. The second-order valence-corrected chi connectivity index (χ2v) is 4.77. The molecule has 0 radical (unpaired) electrons. The second-order valence-electron chi connectivity index (χ2n) is 4.77. The molecule has 104 valence electrons. The van der Waals surface area contributed by atoms with Crippen molar-refractivity contribution in [2.75, 3.05) is 40.5 Å². The monoisotopic (exact) mass is 258 g/mol. The maximum Gasteiger partial charge on any atom is 0.239 e. The Morgan fingerprint density at radius 1 is 1.44 bits per heavy atom. The third kappa shape index (κ3) is 3.65. The SMILES string of the molecule is COC(CN1CCOCC1C(=O)NC1CC1)OC. The molecule has 1 N–H and O–H groups in total. The van der Waals surface area contributed by atoms with Crippen molar-refractivity contribution in [2.24, 2.45) is 0 Å². The lowest BCUT2D eigenvalue weighted by molar-refractivity contribution is -0.147. The lowest BCUT2D eigenvalue weighted by atomic mass is 10.2. The van der Waals surface area contributed by atoms with Crippen molar-refractivity contribution in [2.45, 2.75) is 31.2 Å². The molecule has 1 saturated carbocycles. The number of amides is 1. The van der Waals surface area contributed by atoms with Crippen LogP contribution >= 0.6 is 0 Å². The van der Waals surface area contributed by atoms with E-state index in [0.29, 0.717) is 25.8 Å². The number of methoxy groups -OCH3 is 2. The van der Waals surface area contributed by atoms with E-state index < -0.39 is 0 Å². The summed E-state index contributed by atoms with van der Waals surface area (Å²) in [7, 11) is 3.21. The fraction of sp³-hybridized carbons (Fsp3) is 0.917. The van der Waals surface area contributed by atoms with Gasteiger partial charge in [-0.3, -0.25) is 9.69 Å². The molecule has 1 heterocycles. The van der Waals surface area contributed by atoms with Crippen molar-refractivity contribution >= 4 is 5.91 Å². The van der Waals surface area contributed by atoms with E-state index in [1.807, 2.05) is 0 Å². The van der Waals surface area contributed by atoms with Crippen molar-refractivity contribution in [3.63, 3.8) is 0 Å². The zero-order chi connectivity index (χ0) is 13.0. The first-order valence-electron chi connectivity index (χ1n) is 6.42. The van der Waals surface area contributed by atoms with E-state index in [4.69, 9.17) is 14.2 Å². The average molecular weight is 258 g/mol. The van der Waals surface area contributed by atoms with Gasteiger partial charge in [0.05, 0.1) is 19.8 Å². The van der Waals surface area contributed by atoms with Gasteiger partial charge < -0.3 is 19.5 Å². The number of carbonyl (C=O) groups is 1. The standard InChI is InChI=1S/C12H22N2O4/c1-16-11(17-2)7-14-5-6-18-8-10(14)12(15)13-9-3-4-9/h9-11H,3-8H2,1-2H3,(H,13,15). The number of nitrogens with zero attached hydrogens (tertiary/aromatic N) is 1. The highest BCUT2D eigenvalue weighted by atomic mass is 16.7. The molecule has 0 spiro atoms. The first-order valence-corrected chi connectivity index (χ1v) is 6.42. The summed E-state index contributed by atoms with van der Waals surface area (Å²) in [5.74, 6) is 0.0585. The van der Waals surface area contributed by atoms with Crippen LogP contribution in [-0.4, -0.2) is 69.7 Å². The minimum atomic E-state index is -0.306. The third-order valence-corrected chi connectivity index (χ3v) is 3.38. The average Bonchev–Trinajstić information content (AvgIpc) is 3.20. The predicted molar refractivity (Wildman–Crippen MR) is 65.2 cm³/mol. The van der Waals surface area contributed by atoms with Gasteiger partial charge in [-0.2, -0.15) is 0 Å². The normalized spacial score (nSPS) is 25.4. The summed E-state index contributed by atoms with van der Waals surface area (Å²) in [5, 5.41) is 3.02. The van der Waals surface area contributed by atoms with E-state index >= 15 is 0 Å². The van der Waals surface area contributed by atoms with Crippen molar-refractivity contribution in [1.82, 2.24) is 10.2 Å². The Labute approximate surface area is 108 Å². The first-order chi connectivity index (χ1) is 8.74. The molecule has 18 heavy (non-hydrogen) atoms. The molecule has 1 saturated heterocycles. The van der Waals surface area contributed by atoms with Crippen LogP contribution in [0.5, 0.6) is 0 Å². The van der Waals surface area contributed by atoms with E-state index in [1.165, 1.54) is 0 Å². The van der Waals surface area contributed by atoms with Crippen LogP contribution in [-0.2, 0) is 19.0 Å². The topological polar surface area (TPSA) is 60.0 Å². The molecule has 6 heteroatoms. The third-order valence-electron chi connectivity index (χ3n) is 3.38. The van der Waals surface area contributed by atoms with Crippen LogP contribution in [0.15, 0.2) is 0 Å². The van der Waals surface area contributed by atoms with Gasteiger partial charge in [-0.1, -0.05) is 0 Å². The van der Waals surface area contributed by atoms with Gasteiger partial charge in [0, 0.05) is 26.8 Å². The van der Waals surface area contributed by atoms with Crippen molar-refractivity contribution in [3.05, 3.63) is 0 Å². The van der Waals surface area contributed by atoms with Crippen LogP contribution in [0.1, 0.15) is 12.8 Å². The summed E-state index contributed by atoms with van der Waals surface area (Å²) in [6.07, 6.45) is 1.88. The lowest BCUT2D eigenvalue weighted by Gasteiger charge is -2.35. The van der Waals surface area contributed by atoms with Gasteiger partial charge in [0.15, 0.2) is 6.29 Å². The molecule has 0 aromatic heterocycles. The molecule has 6 nitrogen and oxygen atoms in total. The fourth-order valence-corrected chi connectivity index (χ4v) is 2.06. The molecular weight excluding hydrogens is 236 g/mol. The van der Waals surface area contributed by atoms with Gasteiger partial charge in [0.25, 0.3) is 0 Å². The van der Waals surface area contributed by atoms with Crippen LogP contribution in [0.4, 0.5) is 0 Å². The minimum Gasteiger partial charge on any atom is -0.378 e. The van der Waals surface area contributed by atoms with E-state index in [2.05, 4.69) is 10.2 Å². The molecule has 2 fully saturated rings. The molecule has 1 aliphatic carbocycles. The highest BCUT2D eigenvalue weighted by Crippen LogP contribution is 2.19. The molecule has 2 rings (SSSR count). The van der Waals surface area contributed by atoms with Gasteiger partial charge >= 0.3 is 0 Å². The van der Waals surface area contributed by atoms with E-state index in [1.54, 1.807) is 14.2 Å². The lowest BCUT2D eigenvalue weighted by Crippen LogP contribution is -2.56. The van der Waals surface area contributed by atoms with E-state index in [-0.39, 0.29) is 18.2 Å². The van der Waals surface area contributed by atoms with Crippen LogP contribution in [0.2, 0.25) is 0 Å². The van der Waals surface area contributed by atoms with Crippen LogP contribution in [0.25, 0.3) is 0 Å². The number of ether oxygens (including phenoxy) is 3. The molecule has 1 aliphatic heterocycles. The number of morpholine rings is 1. The molecule has 2 aliphatic rings. The molecule has 1 atom stereocenters. The van der Waals surface area contributed by atoms with Crippen molar-refractivity contribution < 1.29 is 19.0 Å². The van der Waals surface area contributed by atoms with Gasteiger partial charge in [0.2, 0.25) is 5.91 Å². The maximum atomic E-state index is 12.1. The molecule has 0 aromatic rings. The molecule has 1 unspecified atom stereocenters. The van der Waals surface area contributed by atoms with Gasteiger partial charge in [-0.05, 0) is 12.8 Å². The summed E-state index contributed by atoms with van der Waals surface area (Å²) < 4.78 is 15.8. The van der Waals surface area contributed by atoms with Crippen molar-refractivity contribution in [1.29, 1.82) is 0 Å². The number of nitrogens with one attached hydrogen (secondary N) is 1. The Balaban J connectivity index is 1.89. The first kappa shape index (κ1) is 13.7. The second kappa shape index (κ2) is 6.47. The van der Waals surface area contributed by atoms with Crippen LogP contribution in [0.3, 0.4) is 0 Å². The molecule has 0 aromatic carbocycles. The predicted octanol–water partition coefficient (Wildman–Crippen LogP) is -0.415. The number of carbonyl (C=O) groups excluding carboxylic acids is 1. The fourth-order valence-electron chi connectivity index (χ4n) is 2.06. The summed E-state index contributed by atoms with van der Waals surface area (Å²) in [4.78, 5) is 14.2. The zero-order valence-electron chi connectivity index (χ0n) is 11.1. The van der Waals surface area contributed by atoms with Crippen LogP contribution in [0, 0.1) is 0 Å². The zero-order valence-corrected chi connectivity index (χ0v) is 11.1. The van der Waals surface area contributed by atoms with E-state index in [0.717, 1.165) is 19.4 Å². The quantitative estimate of drug-likeness (QED) is 0.656. The highest BCUT2D eigenvalue weighted by molar-refractivity contribution is 5.82. The Bertz CT molecular complexity index is 279.